The van der Waals surface area contributed by atoms with Crippen LogP contribution in [-0.2, 0) is 4.79 Å². The van der Waals surface area contributed by atoms with Crippen molar-refractivity contribution < 1.29 is 9.53 Å². The second-order valence-electron chi connectivity index (χ2n) is 7.06. The van der Waals surface area contributed by atoms with Gasteiger partial charge in [0.1, 0.15) is 5.75 Å². The van der Waals surface area contributed by atoms with Crippen molar-refractivity contribution >= 4 is 49.4 Å². The van der Waals surface area contributed by atoms with E-state index in [1.807, 2.05) is 11.5 Å². The van der Waals surface area contributed by atoms with Crippen molar-refractivity contribution in [3.63, 3.8) is 0 Å². The largest absolute Gasteiger partial charge is 0.492 e. The van der Waals surface area contributed by atoms with Gasteiger partial charge < -0.3 is 15.4 Å². The Balaban J connectivity index is 1.22. The molecule has 0 aromatic heterocycles. The first-order valence-electron chi connectivity index (χ1n) is 9.31. The summed E-state index contributed by atoms with van der Waals surface area (Å²) in [4.78, 5) is 12.2. The lowest BCUT2D eigenvalue weighted by Crippen LogP contribution is -2.57. The van der Waals surface area contributed by atoms with Crippen LogP contribution in [0.2, 0.25) is 0 Å². The van der Waals surface area contributed by atoms with Crippen molar-refractivity contribution in [1.29, 1.82) is 0 Å². The van der Waals surface area contributed by atoms with Gasteiger partial charge in [-0.2, -0.15) is 0 Å². The highest BCUT2D eigenvalue weighted by Gasteiger charge is 2.37. The summed E-state index contributed by atoms with van der Waals surface area (Å²) in [6.07, 6.45) is 4.72. The number of thioether (sulfide) groups is 1. The summed E-state index contributed by atoms with van der Waals surface area (Å²) in [7, 11) is 0. The predicted molar refractivity (Wildman–Crippen MR) is 116 cm³/mol. The van der Waals surface area contributed by atoms with Gasteiger partial charge in [-0.3, -0.25) is 10.1 Å². The fourth-order valence-electron chi connectivity index (χ4n) is 3.84. The number of benzene rings is 1. The third-order valence-corrected chi connectivity index (χ3v) is 7.36. The Bertz CT molecular complexity index is 746. The molecule has 1 aromatic carbocycles. The summed E-state index contributed by atoms with van der Waals surface area (Å²) in [5, 5.41) is 12.8. The van der Waals surface area contributed by atoms with Crippen molar-refractivity contribution in [2.45, 2.75) is 42.8 Å². The lowest BCUT2D eigenvalue weighted by Gasteiger charge is -2.32. The maximum atomic E-state index is 12.2. The summed E-state index contributed by atoms with van der Waals surface area (Å²) in [5.74, 6) is 1.29. The van der Waals surface area contributed by atoms with Gasteiger partial charge in [0.05, 0.1) is 22.5 Å². The van der Waals surface area contributed by atoms with Gasteiger partial charge in [-0.25, -0.2) is 0 Å². The van der Waals surface area contributed by atoms with E-state index in [0.29, 0.717) is 18.2 Å². The zero-order valence-electron chi connectivity index (χ0n) is 14.8. The molecular weight excluding hydrogens is 494 g/mol. The van der Waals surface area contributed by atoms with Crippen LogP contribution in [0.25, 0.3) is 0 Å². The Morgan fingerprint density at radius 2 is 2.11 bits per heavy atom. The molecule has 1 aromatic rings. The quantitative estimate of drug-likeness (QED) is 0.503. The zero-order valence-corrected chi connectivity index (χ0v) is 18.8. The SMILES string of the molecule is O=C1CC(NCCCN[C@@H]2CCOc3c(Br)cc(Br)cc32)NC2C=CSC12. The van der Waals surface area contributed by atoms with Crippen molar-refractivity contribution in [1.82, 2.24) is 16.0 Å². The number of nitrogens with one attached hydrogen (secondary N) is 3. The number of rotatable bonds is 6. The molecule has 5 nitrogen and oxygen atoms in total. The molecule has 3 aliphatic rings. The molecule has 4 atom stereocenters. The van der Waals surface area contributed by atoms with Crippen LogP contribution in [0.15, 0.2) is 32.6 Å². The highest BCUT2D eigenvalue weighted by Crippen LogP contribution is 2.40. The first-order valence-corrected chi connectivity index (χ1v) is 11.8. The molecular formula is C19H23Br2N3O2S. The maximum Gasteiger partial charge on any atom is 0.150 e. The standard InChI is InChI=1S/C19H23Br2N3O2S/c20-11-8-12-14(2-6-26-18(12)13(21)9-11)22-4-1-5-23-17-10-16(25)19-15(24-17)3-7-27-19/h3,7-9,14-15,17,19,22-24H,1-2,4-6,10H2/t14-,15?,17?,19?/m1/s1. The number of fused-ring (bicyclic) bond motifs is 2. The number of ketones is 1. The van der Waals surface area contributed by atoms with E-state index in [9.17, 15) is 4.79 Å². The van der Waals surface area contributed by atoms with E-state index < -0.39 is 0 Å². The van der Waals surface area contributed by atoms with E-state index in [2.05, 4.69) is 60.0 Å². The van der Waals surface area contributed by atoms with Crippen molar-refractivity contribution in [3.05, 3.63) is 38.1 Å². The number of Topliss-reactive ketones (excluding diaryl/α,β-unsaturated/α-hetero) is 1. The van der Waals surface area contributed by atoms with Crippen LogP contribution < -0.4 is 20.7 Å². The molecule has 3 heterocycles. The summed E-state index contributed by atoms with van der Waals surface area (Å²) in [6.45, 7) is 2.53. The fourth-order valence-corrected chi connectivity index (χ4v) is 6.23. The van der Waals surface area contributed by atoms with Gasteiger partial charge in [0.25, 0.3) is 0 Å². The van der Waals surface area contributed by atoms with E-state index >= 15 is 0 Å². The maximum absolute atomic E-state index is 12.2. The van der Waals surface area contributed by atoms with Crippen LogP contribution in [-0.4, -0.2) is 42.9 Å². The minimum absolute atomic E-state index is 0.0805. The van der Waals surface area contributed by atoms with E-state index in [0.717, 1.165) is 47.2 Å². The van der Waals surface area contributed by atoms with E-state index in [-0.39, 0.29) is 17.5 Å². The highest BCUT2D eigenvalue weighted by atomic mass is 79.9. The van der Waals surface area contributed by atoms with Gasteiger partial charge in [-0.05, 0) is 53.0 Å². The van der Waals surface area contributed by atoms with Gasteiger partial charge in [-0.1, -0.05) is 22.0 Å². The second-order valence-corrected chi connectivity index (χ2v) is 9.88. The number of hydrogen-bond acceptors (Lipinski definition) is 6. The predicted octanol–water partition coefficient (Wildman–Crippen LogP) is 3.49. The van der Waals surface area contributed by atoms with Crippen molar-refractivity contribution in [3.8, 4) is 5.75 Å². The highest BCUT2D eigenvalue weighted by molar-refractivity contribution is 9.11. The summed E-state index contributed by atoms with van der Waals surface area (Å²) >= 11 is 8.79. The molecule has 3 unspecified atom stereocenters. The average molecular weight is 517 g/mol. The third kappa shape index (κ3) is 4.62. The van der Waals surface area contributed by atoms with Crippen LogP contribution in [0.5, 0.6) is 5.75 Å². The molecule has 3 aliphatic heterocycles. The van der Waals surface area contributed by atoms with E-state index in [1.165, 1.54) is 5.56 Å². The minimum Gasteiger partial charge on any atom is -0.492 e. The molecule has 146 valence electrons. The monoisotopic (exact) mass is 515 g/mol. The first-order chi connectivity index (χ1) is 13.1. The molecule has 0 amide bonds. The van der Waals surface area contributed by atoms with Crippen molar-refractivity contribution in [2.75, 3.05) is 19.7 Å². The van der Waals surface area contributed by atoms with Gasteiger partial charge in [0.15, 0.2) is 5.78 Å². The molecule has 8 heteroatoms. The van der Waals surface area contributed by atoms with Gasteiger partial charge >= 0.3 is 0 Å². The molecule has 0 aliphatic carbocycles. The van der Waals surface area contributed by atoms with Crippen LogP contribution >= 0.6 is 43.6 Å². The first kappa shape index (κ1) is 19.9. The molecule has 1 saturated heterocycles. The lowest BCUT2D eigenvalue weighted by atomic mass is 10.0. The molecule has 1 fully saturated rings. The Morgan fingerprint density at radius 3 is 3.00 bits per heavy atom. The summed E-state index contributed by atoms with van der Waals surface area (Å²) < 4.78 is 7.87. The third-order valence-electron chi connectivity index (χ3n) is 5.15. The Labute approximate surface area is 180 Å². The van der Waals surface area contributed by atoms with Gasteiger partial charge in [-0.15, -0.1) is 11.8 Å². The van der Waals surface area contributed by atoms with Crippen LogP contribution in [0.4, 0.5) is 0 Å². The average Bonchev–Trinajstić information content (AvgIpc) is 3.11. The number of hydrogen-bond donors (Lipinski definition) is 3. The smallest absolute Gasteiger partial charge is 0.150 e. The van der Waals surface area contributed by atoms with Crippen LogP contribution in [0.3, 0.4) is 0 Å². The minimum atomic E-state index is 0.0805. The topological polar surface area (TPSA) is 62.4 Å². The normalized spacial score (nSPS) is 29.3. The summed E-state index contributed by atoms with van der Waals surface area (Å²) in [6, 6.07) is 4.64. The zero-order chi connectivity index (χ0) is 18.8. The van der Waals surface area contributed by atoms with Gasteiger partial charge in [0.2, 0.25) is 0 Å². The summed E-state index contributed by atoms with van der Waals surface area (Å²) in [5.41, 5.74) is 1.20. The fraction of sp³-hybridized carbons (Fsp3) is 0.526. The van der Waals surface area contributed by atoms with E-state index in [1.54, 1.807) is 11.8 Å². The van der Waals surface area contributed by atoms with Crippen molar-refractivity contribution in [2.24, 2.45) is 0 Å². The molecule has 0 bridgehead atoms. The number of carbonyl (C=O) groups is 1. The van der Waals surface area contributed by atoms with E-state index in [4.69, 9.17) is 4.74 Å². The van der Waals surface area contributed by atoms with Crippen LogP contribution in [0, 0.1) is 0 Å². The Morgan fingerprint density at radius 1 is 1.26 bits per heavy atom. The van der Waals surface area contributed by atoms with Gasteiger partial charge in [0, 0.05) is 35.0 Å². The Kier molecular flexibility index (Phi) is 6.61. The van der Waals surface area contributed by atoms with Crippen LogP contribution in [0.1, 0.15) is 30.9 Å². The number of carbonyl (C=O) groups excluding carboxylic acids is 1. The molecule has 3 N–H and O–H groups in total. The second kappa shape index (κ2) is 8.97. The lowest BCUT2D eigenvalue weighted by molar-refractivity contribution is -0.120. The molecule has 0 spiro atoms. The number of piperidine rings is 1. The Hall–Kier alpha value is -0.380. The molecule has 4 rings (SSSR count). The number of halogens is 2. The molecule has 0 radical (unpaired) electrons. The molecule has 0 saturated carbocycles. The number of ether oxygens (including phenoxy) is 1. The molecule has 27 heavy (non-hydrogen) atoms.